The first-order valence-electron chi connectivity index (χ1n) is 9.17. The molecule has 2 N–H and O–H groups in total. The van der Waals surface area contributed by atoms with E-state index in [0.29, 0.717) is 27.5 Å². The van der Waals surface area contributed by atoms with E-state index < -0.39 is 17.9 Å². The van der Waals surface area contributed by atoms with Crippen LogP contribution in [0.5, 0.6) is 11.5 Å². The minimum absolute atomic E-state index is 0.0289. The van der Waals surface area contributed by atoms with Gasteiger partial charge in [-0.25, -0.2) is 9.59 Å². The zero-order chi connectivity index (χ0) is 22.0. The van der Waals surface area contributed by atoms with Crippen LogP contribution < -0.4 is 15.2 Å². The van der Waals surface area contributed by atoms with Gasteiger partial charge in [0.25, 0.3) is 0 Å². The number of fused-ring (bicyclic) bond motifs is 1. The minimum atomic E-state index is -0.498. The quantitative estimate of drug-likeness (QED) is 0.490. The molecular weight excluding hydrogens is 416 g/mol. The summed E-state index contributed by atoms with van der Waals surface area (Å²) in [4.78, 5) is 24.4. The average Bonchev–Trinajstić information content (AvgIpc) is 3.33. The molecule has 7 nitrogen and oxygen atoms in total. The molecule has 154 valence electrons. The van der Waals surface area contributed by atoms with Gasteiger partial charge in [0.15, 0.2) is 0 Å². The molecule has 3 aromatic rings. The fraction of sp³-hybridized carbons (Fsp3) is 0.0870. The first-order valence-corrected chi connectivity index (χ1v) is 10.0. The molecule has 1 atom stereocenters. The number of nitriles is 1. The summed E-state index contributed by atoms with van der Waals surface area (Å²) in [6.07, 6.45) is 0. The number of carbonyl (C=O) groups is 2. The molecule has 0 radical (unpaired) electrons. The van der Waals surface area contributed by atoms with Crippen LogP contribution in [-0.2, 0) is 4.74 Å². The Morgan fingerprint density at radius 3 is 2.55 bits per heavy atom. The van der Waals surface area contributed by atoms with Crippen LogP contribution in [0, 0.1) is 11.3 Å². The highest BCUT2D eigenvalue weighted by Crippen LogP contribution is 2.43. The molecule has 0 fully saturated rings. The maximum atomic E-state index is 12.2. The SMILES string of the molecule is COC(=O)c1ccc(C2C(C#N)=C(N)Oc3cc(OC(=O)c4cccs4)ccc32)cc1. The molecule has 8 heteroatoms. The van der Waals surface area contributed by atoms with Crippen LogP contribution in [0.15, 0.2) is 71.4 Å². The lowest BCUT2D eigenvalue weighted by Gasteiger charge is -2.26. The van der Waals surface area contributed by atoms with Crippen molar-refractivity contribution in [3.05, 3.63) is 93.0 Å². The lowest BCUT2D eigenvalue weighted by Crippen LogP contribution is -2.21. The van der Waals surface area contributed by atoms with Crippen LogP contribution in [0.4, 0.5) is 0 Å². The zero-order valence-corrected chi connectivity index (χ0v) is 17.1. The molecular formula is C23H16N2O5S. The molecule has 1 aromatic heterocycles. The first-order chi connectivity index (χ1) is 15.0. The van der Waals surface area contributed by atoms with E-state index in [1.165, 1.54) is 18.4 Å². The van der Waals surface area contributed by atoms with Gasteiger partial charge in [-0.2, -0.15) is 5.26 Å². The van der Waals surface area contributed by atoms with Crippen molar-refractivity contribution in [1.29, 1.82) is 5.26 Å². The van der Waals surface area contributed by atoms with Crippen LogP contribution in [0.25, 0.3) is 0 Å². The Balaban J connectivity index is 1.69. The van der Waals surface area contributed by atoms with Crippen molar-refractivity contribution in [1.82, 2.24) is 0 Å². The number of hydrogen-bond acceptors (Lipinski definition) is 8. The molecule has 1 unspecified atom stereocenters. The Labute approximate surface area is 181 Å². The average molecular weight is 432 g/mol. The smallest absolute Gasteiger partial charge is 0.353 e. The maximum Gasteiger partial charge on any atom is 0.353 e. The number of methoxy groups -OCH3 is 1. The van der Waals surface area contributed by atoms with Crippen molar-refractivity contribution in [3.63, 3.8) is 0 Å². The van der Waals surface area contributed by atoms with Crippen molar-refractivity contribution in [2.75, 3.05) is 7.11 Å². The van der Waals surface area contributed by atoms with E-state index in [2.05, 4.69) is 6.07 Å². The predicted octanol–water partition coefficient (Wildman–Crippen LogP) is 3.97. The van der Waals surface area contributed by atoms with E-state index in [1.807, 2.05) is 0 Å². The van der Waals surface area contributed by atoms with E-state index in [-0.39, 0.29) is 11.5 Å². The second kappa shape index (κ2) is 8.34. The van der Waals surface area contributed by atoms with Crippen LogP contribution >= 0.6 is 11.3 Å². The summed E-state index contributed by atoms with van der Waals surface area (Å²) >= 11 is 1.28. The van der Waals surface area contributed by atoms with Crippen molar-refractivity contribution in [2.24, 2.45) is 5.73 Å². The fourth-order valence-electron chi connectivity index (χ4n) is 3.32. The summed E-state index contributed by atoms with van der Waals surface area (Å²) in [6, 6.07) is 17.2. The van der Waals surface area contributed by atoms with Crippen molar-refractivity contribution in [2.45, 2.75) is 5.92 Å². The topological polar surface area (TPSA) is 112 Å². The third-order valence-corrected chi connectivity index (χ3v) is 5.64. The Bertz CT molecular complexity index is 1220. The van der Waals surface area contributed by atoms with Gasteiger partial charge in [0.05, 0.1) is 18.6 Å². The Kier molecular flexibility index (Phi) is 5.43. The third kappa shape index (κ3) is 3.86. The number of hydrogen-bond donors (Lipinski definition) is 1. The summed E-state index contributed by atoms with van der Waals surface area (Å²) in [5.41, 5.74) is 8.10. The molecule has 0 spiro atoms. The van der Waals surface area contributed by atoms with E-state index >= 15 is 0 Å². The number of ether oxygens (including phenoxy) is 3. The number of nitrogens with two attached hydrogens (primary N) is 1. The summed E-state index contributed by atoms with van der Waals surface area (Å²) < 4.78 is 15.8. The van der Waals surface area contributed by atoms with E-state index in [0.717, 1.165) is 5.56 Å². The van der Waals surface area contributed by atoms with Gasteiger partial charge in [0, 0.05) is 11.6 Å². The normalized spacial score (nSPS) is 14.8. The predicted molar refractivity (Wildman–Crippen MR) is 113 cm³/mol. The maximum absolute atomic E-state index is 12.2. The summed E-state index contributed by atoms with van der Waals surface area (Å²) in [5.74, 6) is -0.768. The van der Waals surface area contributed by atoms with Crippen LogP contribution in [0.2, 0.25) is 0 Å². The van der Waals surface area contributed by atoms with Gasteiger partial charge in [-0.3, -0.25) is 0 Å². The van der Waals surface area contributed by atoms with Gasteiger partial charge in [-0.05, 0) is 35.2 Å². The van der Waals surface area contributed by atoms with Crippen molar-refractivity contribution >= 4 is 23.3 Å². The largest absolute Gasteiger partial charge is 0.465 e. The van der Waals surface area contributed by atoms with Crippen LogP contribution in [-0.4, -0.2) is 19.0 Å². The van der Waals surface area contributed by atoms with E-state index in [1.54, 1.807) is 60.0 Å². The van der Waals surface area contributed by atoms with E-state index in [9.17, 15) is 14.9 Å². The highest BCUT2D eigenvalue weighted by Gasteiger charge is 2.31. The van der Waals surface area contributed by atoms with Crippen molar-refractivity contribution < 1.29 is 23.8 Å². The minimum Gasteiger partial charge on any atom is -0.465 e. The van der Waals surface area contributed by atoms with Gasteiger partial charge >= 0.3 is 11.9 Å². The highest BCUT2D eigenvalue weighted by molar-refractivity contribution is 7.12. The second-order valence-electron chi connectivity index (χ2n) is 6.60. The molecule has 1 aliphatic rings. The van der Waals surface area contributed by atoms with Crippen molar-refractivity contribution in [3.8, 4) is 17.6 Å². The van der Waals surface area contributed by atoms with Crippen LogP contribution in [0.1, 0.15) is 37.1 Å². The molecule has 2 heterocycles. The first kappa shape index (κ1) is 20.2. The molecule has 0 bridgehead atoms. The molecule has 0 amide bonds. The highest BCUT2D eigenvalue weighted by atomic mass is 32.1. The fourth-order valence-corrected chi connectivity index (χ4v) is 3.92. The van der Waals surface area contributed by atoms with Crippen LogP contribution in [0.3, 0.4) is 0 Å². The Morgan fingerprint density at radius 1 is 1.13 bits per heavy atom. The molecule has 0 aliphatic carbocycles. The molecule has 1 aliphatic heterocycles. The molecule has 2 aromatic carbocycles. The summed E-state index contributed by atoms with van der Waals surface area (Å²) in [6.45, 7) is 0. The number of allylic oxidation sites excluding steroid dienone is 1. The van der Waals surface area contributed by atoms with E-state index in [4.69, 9.17) is 19.9 Å². The summed E-state index contributed by atoms with van der Waals surface area (Å²) in [5, 5.41) is 11.5. The monoisotopic (exact) mass is 432 g/mol. The molecule has 4 rings (SSSR count). The number of rotatable bonds is 4. The molecule has 0 saturated carbocycles. The number of carbonyl (C=O) groups excluding carboxylic acids is 2. The Hall–Kier alpha value is -4.09. The molecule has 31 heavy (non-hydrogen) atoms. The van der Waals surface area contributed by atoms with Gasteiger partial charge in [-0.15, -0.1) is 11.3 Å². The number of benzene rings is 2. The number of thiophene rings is 1. The molecule has 0 saturated heterocycles. The number of esters is 2. The zero-order valence-electron chi connectivity index (χ0n) is 16.3. The van der Waals surface area contributed by atoms with Gasteiger partial charge < -0.3 is 19.9 Å². The number of nitrogens with zero attached hydrogens (tertiary/aromatic N) is 1. The third-order valence-electron chi connectivity index (χ3n) is 4.79. The van der Waals surface area contributed by atoms with Gasteiger partial charge in [0.2, 0.25) is 5.88 Å². The second-order valence-corrected chi connectivity index (χ2v) is 7.55. The lowest BCUT2D eigenvalue weighted by atomic mass is 9.83. The lowest BCUT2D eigenvalue weighted by molar-refractivity contribution is 0.0600. The van der Waals surface area contributed by atoms with Gasteiger partial charge in [-0.1, -0.05) is 24.3 Å². The Morgan fingerprint density at radius 2 is 1.90 bits per heavy atom. The van der Waals surface area contributed by atoms with Gasteiger partial charge in [0.1, 0.15) is 28.0 Å². The standard InChI is InChI=1S/C23H16N2O5S/c1-28-22(26)14-6-4-13(5-7-14)20-16-9-8-15(29-23(27)19-3-2-10-31-19)11-18(16)30-21(25)17(20)12-24/h2-11,20H,25H2,1H3. The summed E-state index contributed by atoms with van der Waals surface area (Å²) in [7, 11) is 1.31.